The zero-order chi connectivity index (χ0) is 16.3. The van der Waals surface area contributed by atoms with Crippen molar-refractivity contribution in [1.29, 1.82) is 0 Å². The summed E-state index contributed by atoms with van der Waals surface area (Å²) in [7, 11) is 1.64. The first-order valence-corrected chi connectivity index (χ1v) is 7.55. The SMILES string of the molecule is COc1ccnc(N2CCN(C(=O)OC(C)(C)C)C(C)C2)c1. The minimum Gasteiger partial charge on any atom is -0.497 e. The summed E-state index contributed by atoms with van der Waals surface area (Å²) in [6.45, 7) is 9.73. The molecule has 0 saturated carbocycles. The largest absolute Gasteiger partial charge is 0.497 e. The fraction of sp³-hybridized carbons (Fsp3) is 0.625. The Morgan fingerprint density at radius 2 is 2.09 bits per heavy atom. The summed E-state index contributed by atoms with van der Waals surface area (Å²) in [4.78, 5) is 20.5. The molecule has 0 spiro atoms. The lowest BCUT2D eigenvalue weighted by atomic mass is 10.2. The van der Waals surface area contributed by atoms with E-state index in [0.29, 0.717) is 6.54 Å². The number of pyridine rings is 1. The van der Waals surface area contributed by atoms with E-state index < -0.39 is 5.60 Å². The number of methoxy groups -OCH3 is 1. The third-order valence-corrected chi connectivity index (χ3v) is 3.53. The Balaban J connectivity index is 2.01. The van der Waals surface area contributed by atoms with Gasteiger partial charge in [-0.2, -0.15) is 0 Å². The molecule has 1 unspecified atom stereocenters. The van der Waals surface area contributed by atoms with Gasteiger partial charge in [-0.1, -0.05) is 0 Å². The zero-order valence-electron chi connectivity index (χ0n) is 14.0. The summed E-state index contributed by atoms with van der Waals surface area (Å²) in [5.74, 6) is 1.65. The van der Waals surface area contributed by atoms with E-state index in [1.54, 1.807) is 18.2 Å². The Labute approximate surface area is 132 Å². The first-order chi connectivity index (χ1) is 10.3. The van der Waals surface area contributed by atoms with Gasteiger partial charge in [0.15, 0.2) is 0 Å². The number of carbonyl (C=O) groups excluding carboxylic acids is 1. The van der Waals surface area contributed by atoms with Crippen LogP contribution < -0.4 is 9.64 Å². The second kappa shape index (κ2) is 6.42. The molecule has 1 aliphatic heterocycles. The van der Waals surface area contributed by atoms with Crippen LogP contribution in [0.5, 0.6) is 5.75 Å². The maximum atomic E-state index is 12.2. The number of anilines is 1. The molecule has 122 valence electrons. The fourth-order valence-electron chi connectivity index (χ4n) is 2.46. The first-order valence-electron chi connectivity index (χ1n) is 7.55. The maximum absolute atomic E-state index is 12.2. The first kappa shape index (κ1) is 16.4. The topological polar surface area (TPSA) is 54.9 Å². The number of piperazine rings is 1. The Morgan fingerprint density at radius 1 is 1.36 bits per heavy atom. The van der Waals surface area contributed by atoms with Crippen molar-refractivity contribution in [1.82, 2.24) is 9.88 Å². The van der Waals surface area contributed by atoms with Gasteiger partial charge in [-0.05, 0) is 33.8 Å². The minimum atomic E-state index is -0.470. The van der Waals surface area contributed by atoms with Crippen molar-refractivity contribution in [3.05, 3.63) is 18.3 Å². The molecule has 0 radical (unpaired) electrons. The monoisotopic (exact) mass is 307 g/mol. The second-order valence-corrected chi connectivity index (χ2v) is 6.52. The Kier molecular flexibility index (Phi) is 4.78. The van der Waals surface area contributed by atoms with Gasteiger partial charge < -0.3 is 19.3 Å². The number of rotatable bonds is 2. The highest BCUT2D eigenvalue weighted by Crippen LogP contribution is 2.22. The summed E-state index contributed by atoms with van der Waals surface area (Å²) in [6, 6.07) is 3.80. The van der Waals surface area contributed by atoms with E-state index in [1.165, 1.54) is 0 Å². The van der Waals surface area contributed by atoms with Crippen molar-refractivity contribution in [3.63, 3.8) is 0 Å². The minimum absolute atomic E-state index is 0.0663. The van der Waals surface area contributed by atoms with Gasteiger partial charge in [0.05, 0.1) is 7.11 Å². The molecular formula is C16H25N3O3. The van der Waals surface area contributed by atoms with Crippen LogP contribution in [0.1, 0.15) is 27.7 Å². The Morgan fingerprint density at radius 3 is 2.68 bits per heavy atom. The van der Waals surface area contributed by atoms with Crippen molar-refractivity contribution in [2.45, 2.75) is 39.3 Å². The van der Waals surface area contributed by atoms with Gasteiger partial charge in [-0.25, -0.2) is 9.78 Å². The van der Waals surface area contributed by atoms with E-state index in [-0.39, 0.29) is 12.1 Å². The normalized spacial score (nSPS) is 19.0. The van der Waals surface area contributed by atoms with Gasteiger partial charge in [0, 0.05) is 37.9 Å². The lowest BCUT2D eigenvalue weighted by molar-refractivity contribution is 0.0158. The number of aromatic nitrogens is 1. The van der Waals surface area contributed by atoms with E-state index in [9.17, 15) is 4.79 Å². The predicted octanol–water partition coefficient (Wildman–Crippen LogP) is 2.54. The summed E-state index contributed by atoms with van der Waals surface area (Å²) in [6.07, 6.45) is 1.48. The zero-order valence-corrected chi connectivity index (χ0v) is 14.0. The van der Waals surface area contributed by atoms with Crippen molar-refractivity contribution < 1.29 is 14.3 Å². The van der Waals surface area contributed by atoms with Crippen LogP contribution in [0.25, 0.3) is 0 Å². The highest BCUT2D eigenvalue weighted by atomic mass is 16.6. The molecule has 1 aliphatic rings. The van der Waals surface area contributed by atoms with Gasteiger partial charge in [0.1, 0.15) is 17.2 Å². The average molecular weight is 307 g/mol. The summed E-state index contributed by atoms with van der Waals surface area (Å²) < 4.78 is 10.7. The summed E-state index contributed by atoms with van der Waals surface area (Å²) in [5.41, 5.74) is -0.470. The molecule has 1 amide bonds. The molecule has 0 N–H and O–H groups in total. The molecule has 1 aromatic rings. The van der Waals surface area contributed by atoms with Crippen molar-refractivity contribution in [3.8, 4) is 5.75 Å². The Bertz CT molecular complexity index is 528. The van der Waals surface area contributed by atoms with E-state index in [2.05, 4.69) is 9.88 Å². The van der Waals surface area contributed by atoms with Crippen molar-refractivity contribution in [2.24, 2.45) is 0 Å². The highest BCUT2D eigenvalue weighted by molar-refractivity contribution is 5.69. The standard InChI is InChI=1S/C16H25N3O3/c1-12-11-18(14-10-13(21-5)6-7-17-14)8-9-19(12)15(20)22-16(2,3)4/h6-7,10,12H,8-9,11H2,1-5H3. The number of amides is 1. The number of hydrogen-bond acceptors (Lipinski definition) is 5. The molecule has 2 rings (SSSR count). The van der Waals surface area contributed by atoms with Crippen LogP contribution in [-0.4, -0.2) is 54.4 Å². The fourth-order valence-corrected chi connectivity index (χ4v) is 2.46. The Hall–Kier alpha value is -1.98. The summed E-state index contributed by atoms with van der Waals surface area (Å²) >= 11 is 0. The van der Waals surface area contributed by atoms with Crippen LogP contribution in [0.15, 0.2) is 18.3 Å². The smallest absolute Gasteiger partial charge is 0.410 e. The number of hydrogen-bond donors (Lipinski definition) is 0. The second-order valence-electron chi connectivity index (χ2n) is 6.52. The van der Waals surface area contributed by atoms with Crippen molar-refractivity contribution in [2.75, 3.05) is 31.6 Å². The predicted molar refractivity (Wildman–Crippen MR) is 85.4 cm³/mol. The number of nitrogens with zero attached hydrogens (tertiary/aromatic N) is 3. The maximum Gasteiger partial charge on any atom is 0.410 e. The molecule has 1 saturated heterocycles. The van der Waals surface area contributed by atoms with Crippen molar-refractivity contribution >= 4 is 11.9 Å². The molecule has 0 aromatic carbocycles. The molecule has 0 aliphatic carbocycles. The van der Waals surface area contributed by atoms with E-state index in [4.69, 9.17) is 9.47 Å². The van der Waals surface area contributed by atoms with Crippen LogP contribution >= 0.6 is 0 Å². The third-order valence-electron chi connectivity index (χ3n) is 3.53. The lowest BCUT2D eigenvalue weighted by Gasteiger charge is -2.40. The molecule has 1 fully saturated rings. The molecule has 6 heteroatoms. The average Bonchev–Trinajstić information content (AvgIpc) is 2.45. The van der Waals surface area contributed by atoms with Gasteiger partial charge in [0.25, 0.3) is 0 Å². The number of ether oxygens (including phenoxy) is 2. The van der Waals surface area contributed by atoms with Gasteiger partial charge in [-0.15, -0.1) is 0 Å². The number of carbonyl (C=O) groups is 1. The molecular weight excluding hydrogens is 282 g/mol. The van der Waals surface area contributed by atoms with E-state index in [0.717, 1.165) is 24.7 Å². The van der Waals surface area contributed by atoms with Crippen LogP contribution in [-0.2, 0) is 4.74 Å². The quantitative estimate of drug-likeness (QED) is 0.840. The molecule has 1 aromatic heterocycles. The summed E-state index contributed by atoms with van der Waals surface area (Å²) in [5, 5.41) is 0. The molecule has 6 nitrogen and oxygen atoms in total. The molecule has 0 bridgehead atoms. The molecule has 2 heterocycles. The molecule has 1 atom stereocenters. The highest BCUT2D eigenvalue weighted by Gasteiger charge is 2.31. The van der Waals surface area contributed by atoms with Gasteiger partial charge in [-0.3, -0.25) is 0 Å². The lowest BCUT2D eigenvalue weighted by Crippen LogP contribution is -2.55. The van der Waals surface area contributed by atoms with Crippen LogP contribution in [0.3, 0.4) is 0 Å². The van der Waals surface area contributed by atoms with E-state index >= 15 is 0 Å². The van der Waals surface area contributed by atoms with Crippen LogP contribution in [0, 0.1) is 0 Å². The molecule has 22 heavy (non-hydrogen) atoms. The van der Waals surface area contributed by atoms with Crippen LogP contribution in [0.4, 0.5) is 10.6 Å². The van der Waals surface area contributed by atoms with Gasteiger partial charge >= 0.3 is 6.09 Å². The van der Waals surface area contributed by atoms with Gasteiger partial charge in [0.2, 0.25) is 0 Å². The third kappa shape index (κ3) is 4.02. The van der Waals surface area contributed by atoms with Crippen LogP contribution in [0.2, 0.25) is 0 Å². The van der Waals surface area contributed by atoms with E-state index in [1.807, 2.05) is 39.8 Å².